The van der Waals surface area contributed by atoms with Crippen LogP contribution in [0.2, 0.25) is 0 Å². The van der Waals surface area contributed by atoms with Gasteiger partial charge in [0, 0.05) is 7.05 Å². The molecule has 1 aromatic heterocycles. The molecule has 0 spiro atoms. The summed E-state index contributed by atoms with van der Waals surface area (Å²) in [6.45, 7) is 0. The molecule has 0 N–H and O–H groups in total. The molecule has 0 radical (unpaired) electrons. The predicted octanol–water partition coefficient (Wildman–Crippen LogP) is -0.105. The Kier molecular flexibility index (Phi) is 5.71. The minimum absolute atomic E-state index is 0. The van der Waals surface area contributed by atoms with E-state index in [0.717, 1.165) is 11.1 Å². The molecule has 3 rings (SSSR count). The van der Waals surface area contributed by atoms with Crippen LogP contribution in [0.1, 0.15) is 16.8 Å². The van der Waals surface area contributed by atoms with E-state index < -0.39 is 0 Å². The quantitative estimate of drug-likeness (QED) is 0.287. The third-order valence-corrected chi connectivity index (χ3v) is 3.53. The normalized spacial score (nSPS) is 9.74. The van der Waals surface area contributed by atoms with Gasteiger partial charge in [0.25, 0.3) is 0 Å². The van der Waals surface area contributed by atoms with E-state index in [0.29, 0.717) is 11.3 Å². The maximum Gasteiger partial charge on any atom is 1.00 e. The fourth-order valence-electron chi connectivity index (χ4n) is 2.45. The first-order valence-corrected chi connectivity index (χ1v) is 7.11. The van der Waals surface area contributed by atoms with Crippen LogP contribution in [0.3, 0.4) is 0 Å². The molecule has 0 unspecified atom stereocenters. The minimum atomic E-state index is -0.0343. The van der Waals surface area contributed by atoms with E-state index in [1.54, 1.807) is 16.8 Å². The van der Waals surface area contributed by atoms with Crippen molar-refractivity contribution in [2.75, 3.05) is 0 Å². The zero-order valence-corrected chi connectivity index (χ0v) is 13.1. The summed E-state index contributed by atoms with van der Waals surface area (Å²) in [6.07, 6.45) is 1.78. The summed E-state index contributed by atoms with van der Waals surface area (Å²) < 4.78 is 1.61. The number of hydrogen-bond acceptors (Lipinski definition) is 1. The first-order chi connectivity index (χ1) is 10.8. The molecule has 2 nitrogen and oxygen atoms in total. The van der Waals surface area contributed by atoms with E-state index >= 15 is 0 Å². The van der Waals surface area contributed by atoms with Crippen LogP contribution in [-0.2, 0) is 0 Å². The van der Waals surface area contributed by atoms with Gasteiger partial charge in [0.05, 0.1) is 11.9 Å². The molecule has 23 heavy (non-hydrogen) atoms. The van der Waals surface area contributed by atoms with E-state index in [1.165, 1.54) is 0 Å². The summed E-state index contributed by atoms with van der Waals surface area (Å²) in [5, 5.41) is 13.1. The van der Waals surface area contributed by atoms with Crippen molar-refractivity contribution in [2.45, 2.75) is 0 Å². The van der Waals surface area contributed by atoms with Crippen molar-refractivity contribution in [2.24, 2.45) is 0 Å². The van der Waals surface area contributed by atoms with Gasteiger partial charge in [0.15, 0.2) is 0 Å². The number of nitrogens with zero attached hydrogens (tertiary/aromatic N) is 1. The van der Waals surface area contributed by atoms with Crippen molar-refractivity contribution < 1.29 is 28.5 Å². The number of hydrogen-bond donors (Lipinski definition) is 0. The summed E-state index contributed by atoms with van der Waals surface area (Å²) in [5.41, 5.74) is 3.06. The standard InChI is InChI=1S/C20H17NO.Li/c1-21-15-9-8-14-18(21)20(22)19(16-10-4-2-5-11-16)17-12-6-3-7-13-17;/h2-15,22H,1H2;/q;+1/p-1. The van der Waals surface area contributed by atoms with Gasteiger partial charge in [-0.25, -0.2) is 0 Å². The Morgan fingerprint density at radius 3 is 1.70 bits per heavy atom. The molecular weight excluding hydrogens is 277 g/mol. The Hall–Kier alpha value is -2.40. The van der Waals surface area contributed by atoms with Gasteiger partial charge in [-0.2, -0.15) is 0 Å². The summed E-state index contributed by atoms with van der Waals surface area (Å²) in [5.74, 6) is -0.0343. The fourth-order valence-corrected chi connectivity index (χ4v) is 2.45. The predicted molar refractivity (Wildman–Crippen MR) is 86.2 cm³/mol. The average Bonchev–Trinajstić information content (AvgIpc) is 2.57. The molecule has 0 saturated carbocycles. The van der Waals surface area contributed by atoms with Crippen LogP contribution < -0.4 is 28.5 Å². The van der Waals surface area contributed by atoms with Crippen molar-refractivity contribution in [3.63, 3.8) is 0 Å². The minimum Gasteiger partial charge on any atom is -0.877 e. The molecule has 1 heterocycles. The summed E-state index contributed by atoms with van der Waals surface area (Å²) in [7, 11) is 3.89. The SMILES string of the molecule is [CH2-][n+]1ccccc1C([O-])=C(c1ccccc1)c1ccccc1.[Li+]. The number of pyridine rings is 1. The van der Waals surface area contributed by atoms with Gasteiger partial charge in [0.2, 0.25) is 0 Å². The second-order valence-corrected chi connectivity index (χ2v) is 4.99. The van der Waals surface area contributed by atoms with Crippen molar-refractivity contribution >= 4 is 11.3 Å². The van der Waals surface area contributed by atoms with Crippen molar-refractivity contribution in [1.82, 2.24) is 0 Å². The molecule has 0 atom stereocenters. The number of benzene rings is 2. The molecule has 0 aliphatic heterocycles. The topological polar surface area (TPSA) is 26.9 Å². The maximum atomic E-state index is 13.1. The van der Waals surface area contributed by atoms with Gasteiger partial charge in [-0.1, -0.05) is 78.6 Å². The molecule has 0 aliphatic carbocycles. The van der Waals surface area contributed by atoms with Crippen molar-refractivity contribution in [3.05, 3.63) is 109 Å². The van der Waals surface area contributed by atoms with Crippen LogP contribution in [0.4, 0.5) is 0 Å². The van der Waals surface area contributed by atoms with Crippen LogP contribution in [0.25, 0.3) is 11.3 Å². The first-order valence-electron chi connectivity index (χ1n) is 7.11. The van der Waals surface area contributed by atoms with Crippen LogP contribution in [0.15, 0.2) is 85.1 Å². The summed E-state index contributed by atoms with van der Waals surface area (Å²) in [4.78, 5) is 0. The Morgan fingerprint density at radius 1 is 0.739 bits per heavy atom. The second kappa shape index (κ2) is 7.74. The van der Waals surface area contributed by atoms with E-state index in [4.69, 9.17) is 0 Å². The monoisotopic (exact) mass is 293 g/mol. The molecular formula is C20H16LiNO. The third-order valence-electron chi connectivity index (χ3n) is 3.53. The van der Waals surface area contributed by atoms with Crippen molar-refractivity contribution in [1.29, 1.82) is 0 Å². The summed E-state index contributed by atoms with van der Waals surface area (Å²) >= 11 is 0. The van der Waals surface area contributed by atoms with Gasteiger partial charge in [-0.05, 0) is 22.8 Å². The number of rotatable bonds is 3. The first kappa shape index (κ1) is 17.0. The van der Waals surface area contributed by atoms with Gasteiger partial charge in [-0.15, -0.1) is 0 Å². The molecule has 0 aliphatic rings. The zero-order chi connectivity index (χ0) is 15.4. The van der Waals surface area contributed by atoms with E-state index in [2.05, 4.69) is 7.05 Å². The van der Waals surface area contributed by atoms with E-state index in [9.17, 15) is 5.11 Å². The zero-order valence-electron chi connectivity index (χ0n) is 13.1. The Morgan fingerprint density at radius 2 is 1.22 bits per heavy atom. The van der Waals surface area contributed by atoms with Gasteiger partial charge in [0.1, 0.15) is 0 Å². The average molecular weight is 293 g/mol. The third kappa shape index (κ3) is 3.68. The maximum absolute atomic E-state index is 13.1. The molecule has 3 heteroatoms. The second-order valence-electron chi connectivity index (χ2n) is 4.99. The molecule has 2 aromatic carbocycles. The number of aromatic nitrogens is 1. The van der Waals surface area contributed by atoms with Gasteiger partial charge >= 0.3 is 18.9 Å². The van der Waals surface area contributed by atoms with E-state index in [-0.39, 0.29) is 24.6 Å². The molecule has 108 valence electrons. The smallest absolute Gasteiger partial charge is 0.877 e. The van der Waals surface area contributed by atoms with Crippen molar-refractivity contribution in [3.8, 4) is 0 Å². The molecule has 3 aromatic rings. The fraction of sp³-hybridized carbons (Fsp3) is 0. The van der Waals surface area contributed by atoms with Crippen LogP contribution in [0, 0.1) is 7.05 Å². The molecule has 0 fully saturated rings. The van der Waals surface area contributed by atoms with Crippen LogP contribution in [0.5, 0.6) is 0 Å². The van der Waals surface area contributed by atoms with Gasteiger partial charge in [-0.3, -0.25) is 0 Å². The Bertz CT molecular complexity index is 757. The van der Waals surface area contributed by atoms with Crippen LogP contribution >= 0.6 is 0 Å². The molecule has 0 amide bonds. The summed E-state index contributed by atoms with van der Waals surface area (Å²) in [6, 6.07) is 25.0. The van der Waals surface area contributed by atoms with E-state index in [1.807, 2.05) is 72.8 Å². The van der Waals surface area contributed by atoms with Gasteiger partial charge < -0.3 is 9.67 Å². The largest absolute Gasteiger partial charge is 1.00 e. The molecule has 0 bridgehead atoms. The molecule has 0 saturated heterocycles. The Labute approximate surface area is 148 Å². The Balaban J connectivity index is 0.00000192. The van der Waals surface area contributed by atoms with Crippen LogP contribution in [-0.4, -0.2) is 0 Å².